The minimum absolute atomic E-state index is 0.0101. The maximum atomic E-state index is 11.0. The van der Waals surface area contributed by atoms with E-state index in [0.717, 1.165) is 5.56 Å². The largest absolute Gasteiger partial charge is 0.294 e. The van der Waals surface area contributed by atoms with Crippen molar-refractivity contribution < 1.29 is 4.79 Å². The fourth-order valence-electron chi connectivity index (χ4n) is 1.02. The zero-order chi connectivity index (χ0) is 10.4. The van der Waals surface area contributed by atoms with Crippen LogP contribution in [0.3, 0.4) is 0 Å². The Hall–Kier alpha value is -1.81. The second-order valence-corrected chi connectivity index (χ2v) is 2.87. The van der Waals surface area contributed by atoms with Gasteiger partial charge in [0.15, 0.2) is 5.78 Å². The van der Waals surface area contributed by atoms with E-state index in [2.05, 4.69) is 11.8 Å². The monoisotopic (exact) mass is 184 g/mol. The molecule has 1 heteroatoms. The van der Waals surface area contributed by atoms with Gasteiger partial charge in [0, 0.05) is 5.56 Å². The average molecular weight is 184 g/mol. The van der Waals surface area contributed by atoms with Gasteiger partial charge in [0.1, 0.15) is 0 Å². The van der Waals surface area contributed by atoms with Gasteiger partial charge in [-0.2, -0.15) is 0 Å². The third kappa shape index (κ3) is 2.91. The topological polar surface area (TPSA) is 17.1 Å². The summed E-state index contributed by atoms with van der Waals surface area (Å²) in [6.45, 7) is 3.34. The molecule has 1 rings (SSSR count). The molecule has 0 spiro atoms. The summed E-state index contributed by atoms with van der Waals surface area (Å²) in [5.41, 5.74) is 1.49. The Labute approximate surface area is 84.5 Å². The summed E-state index contributed by atoms with van der Waals surface area (Å²) in [6, 6.07) is 9.62. The Morgan fingerprint density at radius 3 is 2.43 bits per heavy atom. The van der Waals surface area contributed by atoms with Gasteiger partial charge in [-0.1, -0.05) is 36.1 Å². The van der Waals surface area contributed by atoms with Crippen molar-refractivity contribution in [2.45, 2.75) is 13.8 Å². The molecule has 0 radical (unpaired) electrons. The van der Waals surface area contributed by atoms with E-state index in [1.807, 2.05) is 37.3 Å². The van der Waals surface area contributed by atoms with Crippen LogP contribution in [0.2, 0.25) is 0 Å². The quantitative estimate of drug-likeness (QED) is 0.484. The van der Waals surface area contributed by atoms with Crippen molar-refractivity contribution in [3.63, 3.8) is 0 Å². The van der Waals surface area contributed by atoms with E-state index in [0.29, 0.717) is 5.57 Å². The first kappa shape index (κ1) is 10.3. The molecule has 1 aromatic carbocycles. The molecule has 0 amide bonds. The molecule has 0 atom stereocenters. The van der Waals surface area contributed by atoms with Crippen LogP contribution in [0.5, 0.6) is 0 Å². The molecule has 70 valence electrons. The lowest BCUT2D eigenvalue weighted by molar-refractivity contribution is -0.113. The van der Waals surface area contributed by atoms with E-state index in [-0.39, 0.29) is 5.78 Å². The van der Waals surface area contributed by atoms with Crippen LogP contribution in [0.15, 0.2) is 42.0 Å². The maximum absolute atomic E-state index is 11.0. The van der Waals surface area contributed by atoms with Gasteiger partial charge in [0.2, 0.25) is 0 Å². The van der Waals surface area contributed by atoms with Crippen molar-refractivity contribution in [1.29, 1.82) is 0 Å². The number of Topliss-reactive ketones (excluding diaryl/α,β-unsaturated/α-hetero) is 1. The van der Waals surface area contributed by atoms with E-state index in [4.69, 9.17) is 0 Å². The molecule has 0 N–H and O–H groups in total. The Kier molecular flexibility index (Phi) is 3.69. The van der Waals surface area contributed by atoms with Crippen LogP contribution in [0.1, 0.15) is 19.4 Å². The molecule has 0 aliphatic heterocycles. The van der Waals surface area contributed by atoms with Gasteiger partial charge in [-0.15, -0.1) is 0 Å². The Morgan fingerprint density at radius 2 is 1.93 bits per heavy atom. The minimum atomic E-state index is 0.0101. The summed E-state index contributed by atoms with van der Waals surface area (Å²) in [5.74, 6) is 5.79. The van der Waals surface area contributed by atoms with Crippen LogP contribution in [0.25, 0.3) is 0 Å². The number of rotatable bonds is 1. The molecule has 0 aromatic heterocycles. The van der Waals surface area contributed by atoms with Gasteiger partial charge in [0.05, 0.1) is 5.57 Å². The van der Waals surface area contributed by atoms with Crippen molar-refractivity contribution in [1.82, 2.24) is 0 Å². The van der Waals surface area contributed by atoms with E-state index in [1.54, 1.807) is 6.08 Å². The number of carbonyl (C=O) groups is 1. The molecule has 0 aliphatic rings. The number of hydrogen-bond acceptors (Lipinski definition) is 1. The summed E-state index contributed by atoms with van der Waals surface area (Å²) in [5, 5.41) is 0. The van der Waals surface area contributed by atoms with E-state index in [1.165, 1.54) is 6.92 Å². The summed E-state index contributed by atoms with van der Waals surface area (Å²) in [4.78, 5) is 11.0. The molecule has 0 unspecified atom stereocenters. The van der Waals surface area contributed by atoms with E-state index >= 15 is 0 Å². The van der Waals surface area contributed by atoms with Crippen LogP contribution < -0.4 is 0 Å². The Balaban J connectivity index is 2.88. The normalized spacial score (nSPS) is 10.3. The molecular weight excluding hydrogens is 172 g/mol. The molecule has 14 heavy (non-hydrogen) atoms. The highest BCUT2D eigenvalue weighted by Crippen LogP contribution is 1.98. The lowest BCUT2D eigenvalue weighted by atomic mass is 10.1. The van der Waals surface area contributed by atoms with Gasteiger partial charge in [-0.05, 0) is 26.0 Å². The first-order valence-electron chi connectivity index (χ1n) is 4.48. The third-order valence-electron chi connectivity index (χ3n) is 1.78. The fraction of sp³-hybridized carbons (Fsp3) is 0.154. The first-order chi connectivity index (χ1) is 6.74. The Bertz CT molecular complexity index is 402. The predicted octanol–water partition coefficient (Wildman–Crippen LogP) is 2.57. The number of allylic oxidation sites excluding steroid dienone is 2. The van der Waals surface area contributed by atoms with Gasteiger partial charge < -0.3 is 0 Å². The van der Waals surface area contributed by atoms with Crippen LogP contribution >= 0.6 is 0 Å². The second kappa shape index (κ2) is 5.04. The molecule has 0 heterocycles. The smallest absolute Gasteiger partial charge is 0.167 e. The first-order valence-corrected chi connectivity index (χ1v) is 4.48. The van der Waals surface area contributed by atoms with Crippen LogP contribution in [0, 0.1) is 11.8 Å². The number of benzene rings is 1. The summed E-state index contributed by atoms with van der Waals surface area (Å²) in [6.07, 6.45) is 1.73. The Morgan fingerprint density at radius 1 is 1.29 bits per heavy atom. The SMILES string of the molecule is C/C=C(/C#Cc1ccccc1)C(C)=O. The van der Waals surface area contributed by atoms with Gasteiger partial charge >= 0.3 is 0 Å². The van der Waals surface area contributed by atoms with E-state index in [9.17, 15) is 4.79 Å². The molecular formula is C13H12O. The standard InChI is InChI=1S/C13H12O/c1-3-13(11(2)14)10-9-12-7-5-4-6-8-12/h3-8H,1-2H3/b13-3-. The molecule has 1 nitrogen and oxygen atoms in total. The van der Waals surface area contributed by atoms with Gasteiger partial charge in [-0.3, -0.25) is 4.79 Å². The van der Waals surface area contributed by atoms with Gasteiger partial charge in [0.25, 0.3) is 0 Å². The summed E-state index contributed by atoms with van der Waals surface area (Å²) in [7, 11) is 0. The fourth-order valence-corrected chi connectivity index (χ4v) is 1.02. The number of hydrogen-bond donors (Lipinski definition) is 0. The minimum Gasteiger partial charge on any atom is -0.294 e. The van der Waals surface area contributed by atoms with Crippen molar-refractivity contribution >= 4 is 5.78 Å². The number of ketones is 1. The molecule has 0 saturated carbocycles. The van der Waals surface area contributed by atoms with E-state index < -0.39 is 0 Å². The van der Waals surface area contributed by atoms with Crippen molar-refractivity contribution in [2.24, 2.45) is 0 Å². The lowest BCUT2D eigenvalue weighted by Gasteiger charge is -1.89. The van der Waals surface area contributed by atoms with Crippen LogP contribution in [0.4, 0.5) is 0 Å². The summed E-state index contributed by atoms with van der Waals surface area (Å²) >= 11 is 0. The number of carbonyl (C=O) groups excluding carboxylic acids is 1. The maximum Gasteiger partial charge on any atom is 0.167 e. The zero-order valence-electron chi connectivity index (χ0n) is 8.37. The van der Waals surface area contributed by atoms with Crippen LogP contribution in [-0.4, -0.2) is 5.78 Å². The van der Waals surface area contributed by atoms with Crippen molar-refractivity contribution in [3.05, 3.63) is 47.5 Å². The molecule has 1 aromatic rings. The zero-order valence-corrected chi connectivity index (χ0v) is 8.37. The van der Waals surface area contributed by atoms with Crippen molar-refractivity contribution in [3.8, 4) is 11.8 Å². The molecule has 0 fully saturated rings. The second-order valence-electron chi connectivity index (χ2n) is 2.87. The summed E-state index contributed by atoms with van der Waals surface area (Å²) < 4.78 is 0. The average Bonchev–Trinajstić information content (AvgIpc) is 2.20. The van der Waals surface area contributed by atoms with Crippen molar-refractivity contribution in [2.75, 3.05) is 0 Å². The highest BCUT2D eigenvalue weighted by Gasteiger charge is 1.95. The third-order valence-corrected chi connectivity index (χ3v) is 1.78. The molecule has 0 saturated heterocycles. The lowest BCUT2D eigenvalue weighted by Crippen LogP contribution is -1.92. The molecule has 0 aliphatic carbocycles. The molecule has 0 bridgehead atoms. The van der Waals surface area contributed by atoms with Crippen LogP contribution in [-0.2, 0) is 4.79 Å². The highest BCUT2D eigenvalue weighted by molar-refractivity contribution is 5.97. The highest BCUT2D eigenvalue weighted by atomic mass is 16.1. The van der Waals surface area contributed by atoms with Gasteiger partial charge in [-0.25, -0.2) is 0 Å². The predicted molar refractivity (Wildman–Crippen MR) is 57.8 cm³/mol.